The summed E-state index contributed by atoms with van der Waals surface area (Å²) in [6.45, 7) is 0.620. The molecule has 1 aliphatic heterocycles. The average molecular weight is 375 g/mol. The number of nitrogens with one attached hydrogen (secondary N) is 1. The molecule has 1 N–H and O–H groups in total. The molecular formula is C20H20F3N3O. The Morgan fingerprint density at radius 3 is 2.89 bits per heavy atom. The molecule has 0 radical (unpaired) electrons. The van der Waals surface area contributed by atoms with Crippen LogP contribution in [0.15, 0.2) is 30.5 Å². The van der Waals surface area contributed by atoms with Gasteiger partial charge in [-0.15, -0.1) is 12.3 Å². The molecule has 1 unspecified atom stereocenters. The molecule has 0 saturated carbocycles. The quantitative estimate of drug-likeness (QED) is 0.615. The molecule has 2 aromatic rings. The maximum absolute atomic E-state index is 13.3. The van der Waals surface area contributed by atoms with Gasteiger partial charge < -0.3 is 9.88 Å². The molecule has 1 aromatic heterocycles. The molecule has 1 fully saturated rings. The van der Waals surface area contributed by atoms with Crippen LogP contribution in [-0.4, -0.2) is 27.3 Å². The minimum absolute atomic E-state index is 0.00129. The van der Waals surface area contributed by atoms with Crippen molar-refractivity contribution < 1.29 is 18.0 Å². The first-order chi connectivity index (χ1) is 12.9. The van der Waals surface area contributed by atoms with Crippen molar-refractivity contribution >= 4 is 5.91 Å². The molecular weight excluding hydrogens is 355 g/mol. The Hall–Kier alpha value is -2.75. The van der Waals surface area contributed by atoms with E-state index in [0.717, 1.165) is 18.9 Å². The van der Waals surface area contributed by atoms with E-state index in [2.05, 4.69) is 15.9 Å². The van der Waals surface area contributed by atoms with Crippen LogP contribution in [0.25, 0.3) is 11.3 Å². The zero-order chi connectivity index (χ0) is 19.4. The van der Waals surface area contributed by atoms with E-state index in [1.807, 2.05) is 0 Å². The van der Waals surface area contributed by atoms with Gasteiger partial charge in [-0.05, 0) is 25.3 Å². The summed E-state index contributed by atoms with van der Waals surface area (Å²) in [5.41, 5.74) is -0.368. The standard InChI is InChI=1S/C20H20F3N3O/c1-2-3-4-11-18(27)26-12-7-10-17(26)19-24-13-16(25-19)14-8-5-6-9-15(14)20(21,22)23/h1,5-6,8-9,13,17H,3-4,7,10-12H2,(H,24,25). The van der Waals surface area contributed by atoms with Gasteiger partial charge in [0, 0.05) is 24.9 Å². The summed E-state index contributed by atoms with van der Waals surface area (Å²) in [6, 6.07) is 5.14. The van der Waals surface area contributed by atoms with Crippen molar-refractivity contribution in [3.8, 4) is 23.6 Å². The molecule has 1 atom stereocenters. The zero-order valence-corrected chi connectivity index (χ0v) is 14.7. The molecule has 1 amide bonds. The number of rotatable bonds is 5. The Kier molecular flexibility index (Phi) is 5.54. The highest BCUT2D eigenvalue weighted by molar-refractivity contribution is 5.77. The minimum atomic E-state index is -4.45. The van der Waals surface area contributed by atoms with Crippen LogP contribution in [-0.2, 0) is 11.0 Å². The molecule has 142 valence electrons. The first-order valence-electron chi connectivity index (χ1n) is 8.86. The van der Waals surface area contributed by atoms with Crippen LogP contribution in [0.5, 0.6) is 0 Å². The number of H-pyrrole nitrogens is 1. The van der Waals surface area contributed by atoms with Crippen molar-refractivity contribution in [1.82, 2.24) is 14.9 Å². The summed E-state index contributed by atoms with van der Waals surface area (Å²) >= 11 is 0. The fraction of sp³-hybridized carbons (Fsp3) is 0.400. The number of unbranched alkanes of at least 4 members (excludes halogenated alkanes) is 1. The van der Waals surface area contributed by atoms with E-state index in [-0.39, 0.29) is 17.5 Å². The first kappa shape index (κ1) is 19.0. The first-order valence-corrected chi connectivity index (χ1v) is 8.86. The molecule has 27 heavy (non-hydrogen) atoms. The van der Waals surface area contributed by atoms with E-state index in [9.17, 15) is 18.0 Å². The average Bonchev–Trinajstić information content (AvgIpc) is 3.30. The second kappa shape index (κ2) is 7.87. The van der Waals surface area contributed by atoms with E-state index in [1.54, 1.807) is 11.0 Å². The van der Waals surface area contributed by atoms with Crippen molar-refractivity contribution in [2.45, 2.75) is 44.3 Å². The van der Waals surface area contributed by atoms with Crippen molar-refractivity contribution in [2.75, 3.05) is 6.54 Å². The fourth-order valence-corrected chi connectivity index (χ4v) is 3.44. The number of amides is 1. The van der Waals surface area contributed by atoms with Gasteiger partial charge in [-0.25, -0.2) is 4.98 Å². The monoisotopic (exact) mass is 375 g/mol. The molecule has 7 heteroatoms. The maximum atomic E-state index is 13.3. The van der Waals surface area contributed by atoms with E-state index in [0.29, 0.717) is 37.3 Å². The van der Waals surface area contributed by atoms with Crippen LogP contribution in [0.2, 0.25) is 0 Å². The smallest absolute Gasteiger partial charge is 0.340 e. The number of halogens is 3. The largest absolute Gasteiger partial charge is 0.417 e. The van der Waals surface area contributed by atoms with Gasteiger partial charge in [0.15, 0.2) is 0 Å². The van der Waals surface area contributed by atoms with Gasteiger partial charge in [0.1, 0.15) is 5.82 Å². The maximum Gasteiger partial charge on any atom is 0.417 e. The fourth-order valence-electron chi connectivity index (χ4n) is 3.44. The van der Waals surface area contributed by atoms with Crippen molar-refractivity contribution in [3.05, 3.63) is 41.9 Å². The van der Waals surface area contributed by atoms with Crippen LogP contribution < -0.4 is 0 Å². The Balaban J connectivity index is 1.82. The van der Waals surface area contributed by atoms with E-state index < -0.39 is 11.7 Å². The third-order valence-corrected chi connectivity index (χ3v) is 4.72. The Morgan fingerprint density at radius 1 is 1.37 bits per heavy atom. The van der Waals surface area contributed by atoms with Crippen LogP contribution >= 0.6 is 0 Å². The lowest BCUT2D eigenvalue weighted by Gasteiger charge is -2.23. The molecule has 2 heterocycles. The number of imidazole rings is 1. The highest BCUT2D eigenvalue weighted by Crippen LogP contribution is 2.37. The van der Waals surface area contributed by atoms with Crippen LogP contribution in [0.1, 0.15) is 49.5 Å². The minimum Gasteiger partial charge on any atom is -0.340 e. The number of benzene rings is 1. The number of carbonyl (C=O) groups excluding carboxylic acids is 1. The number of aromatic nitrogens is 2. The summed E-state index contributed by atoms with van der Waals surface area (Å²) in [5.74, 6) is 3.03. The number of hydrogen-bond acceptors (Lipinski definition) is 2. The second-order valence-corrected chi connectivity index (χ2v) is 6.53. The van der Waals surface area contributed by atoms with Crippen LogP contribution in [0.3, 0.4) is 0 Å². The number of likely N-dealkylation sites (tertiary alicyclic amines) is 1. The van der Waals surface area contributed by atoms with E-state index in [1.165, 1.54) is 18.3 Å². The van der Waals surface area contributed by atoms with Gasteiger partial charge in [-0.3, -0.25) is 4.79 Å². The van der Waals surface area contributed by atoms with Gasteiger partial charge in [0.05, 0.1) is 23.5 Å². The third-order valence-electron chi connectivity index (χ3n) is 4.72. The summed E-state index contributed by atoms with van der Waals surface area (Å²) < 4.78 is 39.8. The van der Waals surface area contributed by atoms with Crippen molar-refractivity contribution in [3.63, 3.8) is 0 Å². The predicted molar refractivity (Wildman–Crippen MR) is 95.4 cm³/mol. The summed E-state index contributed by atoms with van der Waals surface area (Å²) in [6.07, 6.45) is 5.27. The highest BCUT2D eigenvalue weighted by atomic mass is 19.4. The van der Waals surface area contributed by atoms with E-state index >= 15 is 0 Å². The molecule has 3 rings (SSSR count). The lowest BCUT2D eigenvalue weighted by molar-refractivity contribution is -0.137. The SMILES string of the molecule is C#CCCCC(=O)N1CCCC1c1ncc(-c2ccccc2C(F)(F)F)[nH]1. The number of terminal acetylenes is 1. The summed E-state index contributed by atoms with van der Waals surface area (Å²) in [4.78, 5) is 21.5. The second-order valence-electron chi connectivity index (χ2n) is 6.53. The van der Waals surface area contributed by atoms with E-state index in [4.69, 9.17) is 6.42 Å². The number of carbonyl (C=O) groups is 1. The number of nitrogens with zero attached hydrogens (tertiary/aromatic N) is 2. The lowest BCUT2D eigenvalue weighted by Crippen LogP contribution is -2.30. The predicted octanol–water partition coefficient (Wildman–Crippen LogP) is 4.56. The van der Waals surface area contributed by atoms with Crippen molar-refractivity contribution in [2.24, 2.45) is 0 Å². The van der Waals surface area contributed by atoms with Gasteiger partial charge in [0.25, 0.3) is 0 Å². The topological polar surface area (TPSA) is 49.0 Å². The van der Waals surface area contributed by atoms with Crippen molar-refractivity contribution in [1.29, 1.82) is 0 Å². The van der Waals surface area contributed by atoms with Gasteiger partial charge in [-0.2, -0.15) is 13.2 Å². The number of hydrogen-bond donors (Lipinski definition) is 1. The number of aromatic amines is 1. The van der Waals surface area contributed by atoms with Crippen LogP contribution in [0, 0.1) is 12.3 Å². The Bertz CT molecular complexity index is 851. The zero-order valence-electron chi connectivity index (χ0n) is 14.7. The summed E-state index contributed by atoms with van der Waals surface area (Å²) in [5, 5.41) is 0. The highest BCUT2D eigenvalue weighted by Gasteiger charge is 2.35. The molecule has 4 nitrogen and oxygen atoms in total. The molecule has 0 spiro atoms. The summed E-state index contributed by atoms with van der Waals surface area (Å²) in [7, 11) is 0. The molecule has 1 aliphatic rings. The van der Waals surface area contributed by atoms with Gasteiger partial charge >= 0.3 is 6.18 Å². The number of alkyl halides is 3. The molecule has 1 aromatic carbocycles. The third kappa shape index (κ3) is 4.16. The Labute approximate surface area is 155 Å². The molecule has 1 saturated heterocycles. The van der Waals surface area contributed by atoms with Crippen LogP contribution in [0.4, 0.5) is 13.2 Å². The molecule has 0 bridgehead atoms. The molecule has 0 aliphatic carbocycles. The van der Waals surface area contributed by atoms with Gasteiger partial charge in [0.2, 0.25) is 5.91 Å². The Morgan fingerprint density at radius 2 is 2.15 bits per heavy atom. The lowest BCUT2D eigenvalue weighted by atomic mass is 10.0. The van der Waals surface area contributed by atoms with Gasteiger partial charge in [-0.1, -0.05) is 18.2 Å². The normalized spacial score (nSPS) is 17.1.